The van der Waals surface area contributed by atoms with Gasteiger partial charge >= 0.3 is 0 Å². The van der Waals surface area contributed by atoms with Gasteiger partial charge in [0.15, 0.2) is 11.4 Å². The van der Waals surface area contributed by atoms with E-state index in [0.717, 1.165) is 0 Å². The summed E-state index contributed by atoms with van der Waals surface area (Å²) in [6.45, 7) is 1.25. The average molecular weight is 562 g/mol. The maximum Gasteiger partial charge on any atom is 0.255 e. The maximum atomic E-state index is 13.7. The molecule has 0 radical (unpaired) electrons. The first-order valence-electron chi connectivity index (χ1n) is 10.1. The second-order valence-electron chi connectivity index (χ2n) is 9.06. The van der Waals surface area contributed by atoms with Gasteiger partial charge < -0.3 is 36.4 Å². The number of phenolic OH excluding ortho intramolecular Hbond substituents is 1. The zero-order valence-corrected chi connectivity index (χ0v) is 22.9. The number of nitrogens with zero attached hydrogens (tertiary/aromatic N) is 1. The van der Waals surface area contributed by atoms with Crippen molar-refractivity contribution in [2.24, 2.45) is 17.6 Å². The molecule has 1 aromatic rings. The molecule has 3 aliphatic carbocycles. The average Bonchev–Trinajstić information content (AvgIpc) is 2.70. The van der Waals surface area contributed by atoms with E-state index < -0.39 is 81.1 Å². The summed E-state index contributed by atoms with van der Waals surface area (Å²) in [4.78, 5) is 39.9. The molecule has 4 rings (SSSR count). The first kappa shape index (κ1) is 28.9. The third-order valence-corrected chi connectivity index (χ3v) is 7.03. The number of fused-ring (bicyclic) bond motifs is 3. The third kappa shape index (κ3) is 3.47. The molecule has 0 aliphatic heterocycles. The molecule has 6 atom stereocenters. The summed E-state index contributed by atoms with van der Waals surface area (Å²) in [6.07, 6.45) is -1.87. The first-order valence-corrected chi connectivity index (χ1v) is 10.1. The number of hydrogen-bond acceptors (Lipinski definition) is 10. The van der Waals surface area contributed by atoms with Crippen LogP contribution in [0.25, 0.3) is 5.76 Å². The number of Topliss-reactive ketones (excluding diaryl/α,β-unsaturated/α-hetero) is 2. The minimum Gasteiger partial charge on any atom is -0.508 e. The van der Waals surface area contributed by atoms with Gasteiger partial charge in [-0.1, -0.05) is 12.1 Å². The fraction of sp³-hybridized carbons (Fsp3) is 0.409. The summed E-state index contributed by atoms with van der Waals surface area (Å²) in [6, 6.07) is 2.50. The van der Waals surface area contributed by atoms with E-state index in [0.29, 0.717) is 0 Å². The molecule has 0 unspecified atom stereocenters. The molecule has 1 fully saturated rings. The van der Waals surface area contributed by atoms with Crippen LogP contribution in [-0.4, -0.2) is 84.9 Å². The molecule has 1 saturated carbocycles. The van der Waals surface area contributed by atoms with Gasteiger partial charge in [-0.15, -0.1) is 12.4 Å². The van der Waals surface area contributed by atoms with Crippen molar-refractivity contribution in [3.05, 3.63) is 46.2 Å². The number of ketones is 2. The Bertz CT molecular complexity index is 1200. The molecular formula is C22H25ClN2O9Zn. The molecule has 0 aromatic heterocycles. The quantitative estimate of drug-likeness (QED) is 0.174. The maximum absolute atomic E-state index is 13.7. The number of nitrogens with two attached hydrogens (primary N) is 1. The van der Waals surface area contributed by atoms with Crippen molar-refractivity contribution in [3.63, 3.8) is 0 Å². The van der Waals surface area contributed by atoms with Gasteiger partial charge in [0.05, 0.1) is 40.7 Å². The molecule has 1 aromatic carbocycles. The second-order valence-corrected chi connectivity index (χ2v) is 9.06. The van der Waals surface area contributed by atoms with Crippen molar-refractivity contribution < 1.29 is 64.5 Å². The van der Waals surface area contributed by atoms with E-state index in [1.807, 2.05) is 0 Å². The Hall–Kier alpha value is -2.34. The van der Waals surface area contributed by atoms with Crippen molar-refractivity contribution in [3.8, 4) is 5.75 Å². The monoisotopic (exact) mass is 560 g/mol. The first-order chi connectivity index (χ1) is 15.2. The van der Waals surface area contributed by atoms with Gasteiger partial charge in [0.2, 0.25) is 5.78 Å². The van der Waals surface area contributed by atoms with E-state index in [2.05, 4.69) is 0 Å². The van der Waals surface area contributed by atoms with Crippen LogP contribution < -0.4 is 5.73 Å². The number of hydrogen-bond donors (Lipinski definition) is 7. The largest absolute Gasteiger partial charge is 0.508 e. The van der Waals surface area contributed by atoms with Gasteiger partial charge in [0.25, 0.3) is 5.91 Å². The van der Waals surface area contributed by atoms with Crippen LogP contribution in [0.4, 0.5) is 0 Å². The van der Waals surface area contributed by atoms with E-state index in [-0.39, 0.29) is 43.0 Å². The van der Waals surface area contributed by atoms with E-state index in [1.165, 1.54) is 44.1 Å². The predicted octanol–water partition coefficient (Wildman–Crippen LogP) is -0.981. The number of amides is 1. The molecule has 1 amide bonds. The smallest absolute Gasteiger partial charge is 0.255 e. The minimum atomic E-state index is -3.02. The Balaban J connectivity index is 0.00000216. The number of phenols is 1. The third-order valence-electron chi connectivity index (χ3n) is 7.03. The van der Waals surface area contributed by atoms with Gasteiger partial charge in [-0.25, -0.2) is 0 Å². The standard InChI is InChI=1S/C22H24N2O9.ClH.Zn/c1-21(32)7-5-4-6-8(25)9(7)15(26)10-12(21)17(28)13-14(24(2)3)16(27)11(20(23)31)19(30)22(13,33)18(10)29;;/h4-6,12-14,17,25-26,28,30,32-33H,1-3H3,(H2,23,31);1H;/t12-,13-,14+,17+,21-,22+;;/m1../s1. The number of aliphatic hydroxyl groups is 5. The molecule has 8 N–H and O–H groups in total. The number of carbonyl (C=O) groups excluding carboxylic acids is 3. The van der Waals surface area contributed by atoms with Crippen LogP contribution in [0, 0.1) is 11.8 Å². The number of primary amides is 1. The van der Waals surface area contributed by atoms with Gasteiger partial charge in [0, 0.05) is 19.5 Å². The molecule has 11 nitrogen and oxygen atoms in total. The second kappa shape index (κ2) is 8.95. The summed E-state index contributed by atoms with van der Waals surface area (Å²) in [5.41, 5.74) is -1.78. The fourth-order valence-corrected chi connectivity index (χ4v) is 5.60. The summed E-state index contributed by atoms with van der Waals surface area (Å²) in [7, 11) is 2.80. The molecule has 35 heavy (non-hydrogen) atoms. The molecule has 0 heterocycles. The van der Waals surface area contributed by atoms with Crippen LogP contribution in [0.5, 0.6) is 5.75 Å². The Morgan fingerprint density at radius 3 is 2.20 bits per heavy atom. The molecular weight excluding hydrogens is 537 g/mol. The van der Waals surface area contributed by atoms with Crippen LogP contribution in [0.3, 0.4) is 0 Å². The van der Waals surface area contributed by atoms with Crippen molar-refractivity contribution in [2.45, 2.75) is 30.3 Å². The zero-order valence-electron chi connectivity index (χ0n) is 19.1. The van der Waals surface area contributed by atoms with Crippen molar-refractivity contribution >= 4 is 35.6 Å². The van der Waals surface area contributed by atoms with Crippen LogP contribution >= 0.6 is 12.4 Å². The van der Waals surface area contributed by atoms with E-state index >= 15 is 0 Å². The van der Waals surface area contributed by atoms with Crippen molar-refractivity contribution in [2.75, 3.05) is 14.1 Å². The zero-order chi connectivity index (χ0) is 24.8. The number of benzene rings is 1. The number of rotatable bonds is 2. The number of aromatic hydroxyl groups is 1. The summed E-state index contributed by atoms with van der Waals surface area (Å²) in [5.74, 6) is -9.67. The predicted molar refractivity (Wildman–Crippen MR) is 119 cm³/mol. The van der Waals surface area contributed by atoms with Gasteiger partial charge in [-0.05, 0) is 32.6 Å². The van der Waals surface area contributed by atoms with E-state index in [4.69, 9.17) is 5.73 Å². The van der Waals surface area contributed by atoms with Crippen LogP contribution in [0.2, 0.25) is 0 Å². The van der Waals surface area contributed by atoms with Crippen LogP contribution in [0.1, 0.15) is 18.1 Å². The molecule has 0 spiro atoms. The normalized spacial score (nSPS) is 33.9. The van der Waals surface area contributed by atoms with Gasteiger partial charge in [-0.3, -0.25) is 19.3 Å². The Kier molecular flexibility index (Phi) is 7.39. The number of carbonyl (C=O) groups is 3. The summed E-state index contributed by atoms with van der Waals surface area (Å²) in [5, 5.41) is 66.3. The number of halogens is 1. The van der Waals surface area contributed by atoms with E-state index in [9.17, 15) is 45.0 Å². The molecule has 0 bridgehead atoms. The van der Waals surface area contributed by atoms with Crippen molar-refractivity contribution in [1.82, 2.24) is 4.90 Å². The Morgan fingerprint density at radius 1 is 1.11 bits per heavy atom. The van der Waals surface area contributed by atoms with Crippen LogP contribution in [-0.2, 0) is 39.5 Å². The molecule has 13 heteroatoms. The SMILES string of the molecule is CN(C)[C@@H]1C(=O)C(C(N)=O)=C(O)[C@@]2(O)C(=O)C3=C(O)c4c(O)cccc4[C@@](C)(O)[C@H]3[C@H](O)[C@@H]12.Cl.[Zn]. The molecule has 3 aliphatic rings. The number of aliphatic hydroxyl groups excluding tert-OH is 3. The summed E-state index contributed by atoms with van der Waals surface area (Å²) < 4.78 is 0. The molecule has 186 valence electrons. The topological polar surface area (TPSA) is 202 Å². The Morgan fingerprint density at radius 2 is 1.69 bits per heavy atom. The molecule has 0 saturated heterocycles. The summed E-state index contributed by atoms with van der Waals surface area (Å²) >= 11 is 0. The van der Waals surface area contributed by atoms with Crippen LogP contribution in [0.15, 0.2) is 35.1 Å². The van der Waals surface area contributed by atoms with Gasteiger partial charge in [0.1, 0.15) is 22.8 Å². The number of likely N-dealkylation sites (N-methyl/N-ethyl adjacent to an activating group) is 1. The van der Waals surface area contributed by atoms with Crippen molar-refractivity contribution in [1.29, 1.82) is 0 Å². The Labute approximate surface area is 218 Å². The van der Waals surface area contributed by atoms with E-state index in [1.54, 1.807) is 0 Å². The van der Waals surface area contributed by atoms with Gasteiger partial charge in [-0.2, -0.15) is 0 Å². The minimum absolute atomic E-state index is 0. The fourth-order valence-electron chi connectivity index (χ4n) is 5.60.